The quantitative estimate of drug-likeness (QED) is 0.491. The molecule has 2 aliphatic heterocycles. The molecule has 1 aromatic rings. The number of anilines is 1. The molecule has 4 rings (SSSR count). The largest absolute Gasteiger partial charge is 0.384 e. The van der Waals surface area contributed by atoms with Crippen LogP contribution in [-0.2, 0) is 4.79 Å². The van der Waals surface area contributed by atoms with Crippen LogP contribution in [0.15, 0.2) is 29.4 Å². The highest BCUT2D eigenvalue weighted by molar-refractivity contribution is 5.88. The molecule has 1 unspecified atom stereocenters. The van der Waals surface area contributed by atoms with E-state index >= 15 is 0 Å². The van der Waals surface area contributed by atoms with E-state index in [0.717, 1.165) is 13.0 Å². The summed E-state index contributed by atoms with van der Waals surface area (Å²) in [6, 6.07) is 6.66. The number of nitrogens with one attached hydrogen (secondary N) is 1. The molecular formula is C16H17N5O. The van der Waals surface area contributed by atoms with Gasteiger partial charge in [-0.05, 0) is 46.9 Å². The topological polar surface area (TPSA) is 81.1 Å². The zero-order valence-electron chi connectivity index (χ0n) is 12.4. The number of nitrogens with zero attached hydrogens (tertiary/aromatic N) is 4. The lowest BCUT2D eigenvalue weighted by Crippen LogP contribution is -2.44. The zero-order valence-corrected chi connectivity index (χ0v) is 12.4. The van der Waals surface area contributed by atoms with Crippen LogP contribution in [-0.4, -0.2) is 37.0 Å². The Morgan fingerprint density at radius 3 is 3.18 bits per heavy atom. The fourth-order valence-corrected chi connectivity index (χ4v) is 4.12. The average molecular weight is 295 g/mol. The number of carbonyl (C=O) groups excluding carboxylic acids is 1. The van der Waals surface area contributed by atoms with Gasteiger partial charge in [0.25, 0.3) is 0 Å². The van der Waals surface area contributed by atoms with Crippen LogP contribution in [0, 0.1) is 5.92 Å². The van der Waals surface area contributed by atoms with Crippen LogP contribution < -0.4 is 5.32 Å². The van der Waals surface area contributed by atoms with Crippen LogP contribution in [0.5, 0.6) is 0 Å². The Hall–Kier alpha value is -2.30. The number of fused-ring (bicyclic) bond motifs is 2. The van der Waals surface area contributed by atoms with Crippen molar-refractivity contribution in [2.24, 2.45) is 11.0 Å². The highest BCUT2D eigenvalue weighted by Gasteiger charge is 2.40. The van der Waals surface area contributed by atoms with Gasteiger partial charge in [0.05, 0.1) is 5.92 Å². The van der Waals surface area contributed by atoms with E-state index in [2.05, 4.69) is 38.4 Å². The Balaban J connectivity index is 1.83. The van der Waals surface area contributed by atoms with Gasteiger partial charge in [0.15, 0.2) is 0 Å². The first-order valence-electron chi connectivity index (χ1n) is 7.57. The standard InChI is InChI=1S/C16H17N5O/c1-21-8-10(16(22)19-20-17)5-12-11-3-2-4-13-15(11)9(7-18-13)6-14(12)21/h2-5,9-10,14,18H,6-8H2,1H3/t9?,10-,14-/m1/s1. The molecule has 0 saturated carbocycles. The van der Waals surface area contributed by atoms with Crippen molar-refractivity contribution in [3.05, 3.63) is 45.8 Å². The third-order valence-corrected chi connectivity index (χ3v) is 5.09. The van der Waals surface area contributed by atoms with Gasteiger partial charge < -0.3 is 5.32 Å². The summed E-state index contributed by atoms with van der Waals surface area (Å²) >= 11 is 0. The maximum Gasteiger partial charge on any atom is 0.227 e. The van der Waals surface area contributed by atoms with Crippen molar-refractivity contribution in [3.63, 3.8) is 0 Å². The Morgan fingerprint density at radius 2 is 2.36 bits per heavy atom. The lowest BCUT2D eigenvalue weighted by molar-refractivity contribution is -0.121. The van der Waals surface area contributed by atoms with E-state index in [9.17, 15) is 4.79 Å². The number of amides is 1. The first-order chi connectivity index (χ1) is 10.7. The molecule has 0 fully saturated rings. The van der Waals surface area contributed by atoms with Gasteiger partial charge in [0, 0.05) is 35.6 Å². The summed E-state index contributed by atoms with van der Waals surface area (Å²) in [6.45, 7) is 1.60. The molecule has 112 valence electrons. The molecule has 0 bridgehead atoms. The summed E-state index contributed by atoms with van der Waals surface area (Å²) in [5, 5.41) is 6.76. The summed E-state index contributed by atoms with van der Waals surface area (Å²) in [7, 11) is 2.05. The Morgan fingerprint density at radius 1 is 1.50 bits per heavy atom. The van der Waals surface area contributed by atoms with Crippen molar-refractivity contribution in [3.8, 4) is 0 Å². The molecule has 1 aromatic carbocycles. The smallest absolute Gasteiger partial charge is 0.227 e. The van der Waals surface area contributed by atoms with Crippen LogP contribution in [0.1, 0.15) is 23.5 Å². The van der Waals surface area contributed by atoms with E-state index in [0.29, 0.717) is 18.5 Å². The lowest BCUT2D eigenvalue weighted by Gasteiger charge is -2.41. The molecule has 1 amide bonds. The maximum absolute atomic E-state index is 12.0. The third-order valence-electron chi connectivity index (χ3n) is 5.09. The average Bonchev–Trinajstić information content (AvgIpc) is 2.93. The monoisotopic (exact) mass is 295 g/mol. The molecule has 6 nitrogen and oxygen atoms in total. The van der Waals surface area contributed by atoms with Gasteiger partial charge in [-0.15, -0.1) is 0 Å². The second-order valence-electron chi connectivity index (χ2n) is 6.29. The van der Waals surface area contributed by atoms with Crippen LogP contribution >= 0.6 is 0 Å². The first-order valence-corrected chi connectivity index (χ1v) is 7.57. The summed E-state index contributed by atoms with van der Waals surface area (Å²) in [6.07, 6.45) is 3.09. The predicted octanol–water partition coefficient (Wildman–Crippen LogP) is 2.75. The molecule has 0 saturated heterocycles. The molecule has 0 spiro atoms. The molecule has 22 heavy (non-hydrogen) atoms. The van der Waals surface area contributed by atoms with Gasteiger partial charge in [-0.25, -0.2) is 0 Å². The molecular weight excluding hydrogens is 278 g/mol. The van der Waals surface area contributed by atoms with Crippen molar-refractivity contribution < 1.29 is 4.79 Å². The summed E-state index contributed by atoms with van der Waals surface area (Å²) in [5.74, 6) is -0.206. The van der Waals surface area contributed by atoms with E-state index < -0.39 is 5.91 Å². The van der Waals surface area contributed by atoms with Gasteiger partial charge in [0.2, 0.25) is 5.91 Å². The number of azide groups is 1. The Kier molecular flexibility index (Phi) is 2.96. The normalized spacial score (nSPS) is 28.8. The minimum atomic E-state index is -0.395. The number of hydrogen-bond donors (Lipinski definition) is 1. The molecule has 6 heteroatoms. The fraction of sp³-hybridized carbons (Fsp3) is 0.438. The minimum Gasteiger partial charge on any atom is -0.384 e. The van der Waals surface area contributed by atoms with E-state index in [-0.39, 0.29) is 5.92 Å². The molecule has 3 atom stereocenters. The zero-order chi connectivity index (χ0) is 15.3. The second kappa shape index (κ2) is 4.87. The van der Waals surface area contributed by atoms with Crippen LogP contribution in [0.3, 0.4) is 0 Å². The Labute approximate surface area is 128 Å². The molecule has 1 N–H and O–H groups in total. The summed E-state index contributed by atoms with van der Waals surface area (Å²) in [4.78, 5) is 16.8. The van der Waals surface area contributed by atoms with Crippen molar-refractivity contribution in [2.45, 2.75) is 18.4 Å². The molecule has 3 aliphatic rings. The first kappa shape index (κ1) is 13.4. The van der Waals surface area contributed by atoms with Gasteiger partial charge in [0.1, 0.15) is 0 Å². The fourth-order valence-electron chi connectivity index (χ4n) is 4.12. The summed E-state index contributed by atoms with van der Waals surface area (Å²) < 4.78 is 0. The number of rotatable bonds is 1. The third kappa shape index (κ3) is 1.85. The van der Waals surface area contributed by atoms with E-state index in [1.807, 2.05) is 13.1 Å². The van der Waals surface area contributed by atoms with Crippen LogP contribution in [0.2, 0.25) is 0 Å². The molecule has 0 aromatic heterocycles. The predicted molar refractivity (Wildman–Crippen MR) is 84.3 cm³/mol. The Bertz CT molecular complexity index is 734. The van der Waals surface area contributed by atoms with Gasteiger partial charge in [-0.1, -0.05) is 18.2 Å². The van der Waals surface area contributed by atoms with Crippen LogP contribution in [0.4, 0.5) is 5.69 Å². The molecule has 2 heterocycles. The maximum atomic E-state index is 12.0. The van der Waals surface area contributed by atoms with Crippen molar-refractivity contribution in [1.82, 2.24) is 4.90 Å². The highest BCUT2D eigenvalue weighted by atomic mass is 16.1. The van der Waals surface area contributed by atoms with E-state index in [4.69, 9.17) is 5.53 Å². The summed E-state index contributed by atoms with van der Waals surface area (Å²) in [5.41, 5.74) is 13.5. The van der Waals surface area contributed by atoms with E-state index in [1.54, 1.807) is 0 Å². The number of likely N-dealkylation sites (N-methyl/N-ethyl adjacent to an activating group) is 1. The van der Waals surface area contributed by atoms with Gasteiger partial charge >= 0.3 is 0 Å². The number of benzene rings is 1. The van der Waals surface area contributed by atoms with Crippen LogP contribution in [0.25, 0.3) is 16.0 Å². The van der Waals surface area contributed by atoms with Crippen molar-refractivity contribution in [2.75, 3.05) is 25.5 Å². The van der Waals surface area contributed by atoms with Gasteiger partial charge in [-0.3, -0.25) is 9.69 Å². The number of hydrogen-bond acceptors (Lipinski definition) is 3. The minimum absolute atomic E-state index is 0.336. The molecule has 0 radical (unpaired) electrons. The van der Waals surface area contributed by atoms with Crippen molar-refractivity contribution in [1.29, 1.82) is 0 Å². The van der Waals surface area contributed by atoms with Crippen molar-refractivity contribution >= 4 is 17.2 Å². The second-order valence-corrected chi connectivity index (χ2v) is 6.29. The lowest BCUT2D eigenvalue weighted by atomic mass is 9.74. The SMILES string of the molecule is CN1C[C@H](C(=O)N=[N+]=[N-])C=C2c3cccc4c3C(CN4)C[C@H]21. The van der Waals surface area contributed by atoms with Gasteiger partial charge in [-0.2, -0.15) is 0 Å². The number of carbonyl (C=O) groups is 1. The van der Waals surface area contributed by atoms with E-state index in [1.165, 1.54) is 22.4 Å². The molecule has 1 aliphatic carbocycles. The highest BCUT2D eigenvalue weighted by Crippen LogP contribution is 2.48.